The summed E-state index contributed by atoms with van der Waals surface area (Å²) in [4.78, 5) is 8.31. The molecule has 0 aliphatic carbocycles. The van der Waals surface area contributed by atoms with Gasteiger partial charge in [-0.3, -0.25) is 0 Å². The molecule has 4 nitrogen and oxygen atoms in total. The van der Waals surface area contributed by atoms with E-state index in [-0.39, 0.29) is 0 Å². The van der Waals surface area contributed by atoms with Crippen molar-refractivity contribution < 1.29 is 4.74 Å². The molecule has 0 spiro atoms. The number of rotatable bonds is 8. The van der Waals surface area contributed by atoms with Gasteiger partial charge in [0, 0.05) is 24.2 Å². The highest BCUT2D eigenvalue weighted by Gasteiger charge is 2.09. The first-order chi connectivity index (χ1) is 8.30. The SMILES string of the molecule is CCCCC(Cc1cc(OC)ncn1)NCC. The van der Waals surface area contributed by atoms with Crippen LogP contribution in [0.4, 0.5) is 0 Å². The molecule has 0 fully saturated rings. The maximum atomic E-state index is 5.11. The molecule has 1 atom stereocenters. The molecule has 1 rings (SSSR count). The predicted molar refractivity (Wildman–Crippen MR) is 69.3 cm³/mol. The molecule has 0 bridgehead atoms. The molecule has 0 saturated heterocycles. The van der Waals surface area contributed by atoms with Crippen LogP contribution in [0.2, 0.25) is 0 Å². The highest BCUT2D eigenvalue weighted by molar-refractivity contribution is 5.14. The summed E-state index contributed by atoms with van der Waals surface area (Å²) in [6, 6.07) is 2.41. The molecular formula is C13H23N3O. The quantitative estimate of drug-likeness (QED) is 0.753. The minimum absolute atomic E-state index is 0.500. The first-order valence-electron chi connectivity index (χ1n) is 6.38. The summed E-state index contributed by atoms with van der Waals surface area (Å²) in [5.74, 6) is 0.640. The Morgan fingerprint density at radius 3 is 2.82 bits per heavy atom. The number of methoxy groups -OCH3 is 1. The molecule has 1 heterocycles. The molecular weight excluding hydrogens is 214 g/mol. The lowest BCUT2D eigenvalue weighted by Gasteiger charge is -2.17. The zero-order chi connectivity index (χ0) is 12.5. The van der Waals surface area contributed by atoms with E-state index < -0.39 is 0 Å². The van der Waals surface area contributed by atoms with Gasteiger partial charge in [-0.2, -0.15) is 0 Å². The maximum absolute atomic E-state index is 5.11. The highest BCUT2D eigenvalue weighted by atomic mass is 16.5. The molecule has 17 heavy (non-hydrogen) atoms. The van der Waals surface area contributed by atoms with Crippen LogP contribution in [0.1, 0.15) is 38.8 Å². The summed E-state index contributed by atoms with van der Waals surface area (Å²) in [6.45, 7) is 5.35. The predicted octanol–water partition coefficient (Wildman–Crippen LogP) is 2.20. The van der Waals surface area contributed by atoms with Crippen LogP contribution in [0, 0.1) is 0 Å². The zero-order valence-corrected chi connectivity index (χ0v) is 11.1. The molecule has 96 valence electrons. The van der Waals surface area contributed by atoms with E-state index >= 15 is 0 Å². The Morgan fingerprint density at radius 2 is 2.18 bits per heavy atom. The van der Waals surface area contributed by atoms with Crippen LogP contribution in [0.25, 0.3) is 0 Å². The van der Waals surface area contributed by atoms with Crippen molar-refractivity contribution in [3.63, 3.8) is 0 Å². The third kappa shape index (κ3) is 5.13. The van der Waals surface area contributed by atoms with E-state index in [0.717, 1.165) is 18.7 Å². The molecule has 1 N–H and O–H groups in total. The van der Waals surface area contributed by atoms with E-state index in [2.05, 4.69) is 29.1 Å². The number of ether oxygens (including phenoxy) is 1. The third-order valence-electron chi connectivity index (χ3n) is 2.76. The summed E-state index contributed by atoms with van der Waals surface area (Å²) in [5.41, 5.74) is 1.04. The van der Waals surface area contributed by atoms with Gasteiger partial charge in [0.05, 0.1) is 7.11 Å². The molecule has 0 radical (unpaired) electrons. The second-order valence-corrected chi connectivity index (χ2v) is 4.15. The van der Waals surface area contributed by atoms with Gasteiger partial charge in [-0.15, -0.1) is 0 Å². The minimum Gasteiger partial charge on any atom is -0.481 e. The fourth-order valence-electron chi connectivity index (χ4n) is 1.87. The first kappa shape index (κ1) is 13.9. The van der Waals surface area contributed by atoms with Crippen molar-refractivity contribution in [3.8, 4) is 5.88 Å². The Labute approximate surface area is 104 Å². The van der Waals surface area contributed by atoms with Crippen molar-refractivity contribution in [2.75, 3.05) is 13.7 Å². The number of nitrogens with one attached hydrogen (secondary N) is 1. The van der Waals surface area contributed by atoms with E-state index in [1.54, 1.807) is 13.4 Å². The Kier molecular flexibility index (Phi) is 6.55. The lowest BCUT2D eigenvalue weighted by molar-refractivity contribution is 0.394. The van der Waals surface area contributed by atoms with E-state index in [9.17, 15) is 0 Å². The van der Waals surface area contributed by atoms with Gasteiger partial charge in [0.15, 0.2) is 0 Å². The van der Waals surface area contributed by atoms with Crippen molar-refractivity contribution in [2.45, 2.75) is 45.6 Å². The van der Waals surface area contributed by atoms with Crippen LogP contribution in [-0.2, 0) is 6.42 Å². The van der Waals surface area contributed by atoms with E-state index in [0.29, 0.717) is 11.9 Å². The van der Waals surface area contributed by atoms with Crippen LogP contribution in [-0.4, -0.2) is 29.7 Å². The number of likely N-dealkylation sites (N-methyl/N-ethyl adjacent to an activating group) is 1. The molecule has 0 aliphatic heterocycles. The number of hydrogen-bond donors (Lipinski definition) is 1. The van der Waals surface area contributed by atoms with Crippen LogP contribution in [0.5, 0.6) is 5.88 Å². The Morgan fingerprint density at radius 1 is 1.35 bits per heavy atom. The van der Waals surface area contributed by atoms with Crippen LogP contribution in [0.3, 0.4) is 0 Å². The van der Waals surface area contributed by atoms with Crippen molar-refractivity contribution >= 4 is 0 Å². The molecule has 0 aliphatic rings. The second-order valence-electron chi connectivity index (χ2n) is 4.15. The molecule has 4 heteroatoms. The smallest absolute Gasteiger partial charge is 0.216 e. The summed E-state index contributed by atoms with van der Waals surface area (Å²) in [7, 11) is 1.63. The van der Waals surface area contributed by atoms with Gasteiger partial charge in [0.25, 0.3) is 0 Å². The second kappa shape index (κ2) is 8.01. The monoisotopic (exact) mass is 237 g/mol. The van der Waals surface area contributed by atoms with Crippen LogP contribution < -0.4 is 10.1 Å². The lowest BCUT2D eigenvalue weighted by atomic mass is 10.0. The van der Waals surface area contributed by atoms with Crippen molar-refractivity contribution in [1.29, 1.82) is 0 Å². The topological polar surface area (TPSA) is 47.0 Å². The van der Waals surface area contributed by atoms with Crippen LogP contribution in [0.15, 0.2) is 12.4 Å². The Hall–Kier alpha value is -1.16. The number of unbranched alkanes of at least 4 members (excludes halogenated alkanes) is 1. The summed E-state index contributed by atoms with van der Waals surface area (Å²) < 4.78 is 5.11. The van der Waals surface area contributed by atoms with Gasteiger partial charge >= 0.3 is 0 Å². The maximum Gasteiger partial charge on any atom is 0.216 e. The average Bonchev–Trinajstić information content (AvgIpc) is 2.36. The van der Waals surface area contributed by atoms with Gasteiger partial charge in [-0.25, -0.2) is 9.97 Å². The van der Waals surface area contributed by atoms with Gasteiger partial charge in [-0.05, 0) is 13.0 Å². The first-order valence-corrected chi connectivity index (χ1v) is 6.38. The fourth-order valence-corrected chi connectivity index (χ4v) is 1.87. The average molecular weight is 237 g/mol. The third-order valence-corrected chi connectivity index (χ3v) is 2.76. The number of aromatic nitrogens is 2. The summed E-state index contributed by atoms with van der Waals surface area (Å²) in [6.07, 6.45) is 6.18. The summed E-state index contributed by atoms with van der Waals surface area (Å²) >= 11 is 0. The van der Waals surface area contributed by atoms with E-state index in [1.807, 2.05) is 6.07 Å². The normalized spacial score (nSPS) is 12.4. The molecule has 1 unspecified atom stereocenters. The van der Waals surface area contributed by atoms with Crippen LogP contribution >= 0.6 is 0 Å². The highest BCUT2D eigenvalue weighted by Crippen LogP contribution is 2.11. The van der Waals surface area contributed by atoms with Gasteiger partial charge < -0.3 is 10.1 Å². The van der Waals surface area contributed by atoms with Gasteiger partial charge in [0.2, 0.25) is 5.88 Å². The zero-order valence-electron chi connectivity index (χ0n) is 11.1. The lowest BCUT2D eigenvalue weighted by Crippen LogP contribution is -2.31. The Balaban J connectivity index is 2.57. The van der Waals surface area contributed by atoms with E-state index in [4.69, 9.17) is 4.74 Å². The molecule has 1 aromatic heterocycles. The molecule has 1 aromatic rings. The van der Waals surface area contributed by atoms with Crippen molar-refractivity contribution in [1.82, 2.24) is 15.3 Å². The fraction of sp³-hybridized carbons (Fsp3) is 0.692. The standard InChI is InChI=1S/C13H23N3O/c1-4-6-7-11(14-5-2)8-12-9-13(17-3)16-10-15-12/h9-11,14H,4-8H2,1-3H3. The number of nitrogens with zero attached hydrogens (tertiary/aromatic N) is 2. The largest absolute Gasteiger partial charge is 0.481 e. The van der Waals surface area contributed by atoms with E-state index in [1.165, 1.54) is 19.3 Å². The van der Waals surface area contributed by atoms with Crippen molar-refractivity contribution in [2.24, 2.45) is 0 Å². The van der Waals surface area contributed by atoms with Crippen molar-refractivity contribution in [3.05, 3.63) is 18.1 Å². The van der Waals surface area contributed by atoms with Gasteiger partial charge in [-0.1, -0.05) is 26.7 Å². The summed E-state index contributed by atoms with van der Waals surface area (Å²) in [5, 5.41) is 3.50. The molecule has 0 saturated carbocycles. The van der Waals surface area contributed by atoms with Gasteiger partial charge in [0.1, 0.15) is 6.33 Å². The minimum atomic E-state index is 0.500. The number of hydrogen-bond acceptors (Lipinski definition) is 4. The Bertz CT molecular complexity index is 317. The molecule has 0 aromatic carbocycles. The molecule has 0 amide bonds.